The molecule has 3 rings (SSSR count). The van der Waals surface area contributed by atoms with E-state index in [-0.39, 0.29) is 12.2 Å². The molecule has 2 amide bonds. The van der Waals surface area contributed by atoms with E-state index >= 15 is 0 Å². The lowest BCUT2D eigenvalue weighted by Crippen LogP contribution is -2.43. The monoisotopic (exact) mass is 378 g/mol. The van der Waals surface area contributed by atoms with Crippen molar-refractivity contribution in [1.82, 2.24) is 10.9 Å². The molecule has 0 aliphatic heterocycles. The quantitative estimate of drug-likeness (QED) is 0.647. The fraction of sp³-hybridized carbons (Fsp3) is 0.0909. The van der Waals surface area contributed by atoms with E-state index in [1.165, 1.54) is 24.3 Å². The van der Waals surface area contributed by atoms with Crippen molar-refractivity contribution in [2.45, 2.75) is 6.42 Å². The third kappa shape index (κ3) is 5.41. The Bertz CT molecular complexity index is 944. The summed E-state index contributed by atoms with van der Waals surface area (Å²) in [6, 6.07) is 22.4. The molecule has 6 heteroatoms. The Labute approximate surface area is 162 Å². The molecule has 0 bridgehead atoms. The Morgan fingerprint density at radius 3 is 2.25 bits per heavy atom. The summed E-state index contributed by atoms with van der Waals surface area (Å²) in [6.07, 6.45) is 0.680. The Kier molecular flexibility index (Phi) is 6.36. The number of hydrogen-bond acceptors (Lipinski definition) is 3. The van der Waals surface area contributed by atoms with Crippen LogP contribution in [-0.2, 0) is 11.2 Å². The van der Waals surface area contributed by atoms with Gasteiger partial charge in [0, 0.05) is 12.0 Å². The van der Waals surface area contributed by atoms with Gasteiger partial charge in [0.1, 0.15) is 11.6 Å². The van der Waals surface area contributed by atoms with Gasteiger partial charge in [-0.25, -0.2) is 4.39 Å². The minimum atomic E-state index is -0.544. The second-order valence-electron chi connectivity index (χ2n) is 6.07. The number of para-hydroxylation sites is 1. The average molecular weight is 378 g/mol. The van der Waals surface area contributed by atoms with Gasteiger partial charge in [-0.1, -0.05) is 48.5 Å². The molecule has 3 aromatic rings. The summed E-state index contributed by atoms with van der Waals surface area (Å²) in [7, 11) is 0. The van der Waals surface area contributed by atoms with E-state index in [0.717, 1.165) is 11.1 Å². The number of carbonyl (C=O) groups excluding carboxylic acids is 2. The van der Waals surface area contributed by atoms with Gasteiger partial charge in [-0.15, -0.1) is 0 Å². The molecule has 3 aromatic carbocycles. The van der Waals surface area contributed by atoms with Crippen molar-refractivity contribution < 1.29 is 18.7 Å². The standard InChI is InChI=1S/C22H19FN2O3/c23-19-12-10-17(11-13-19)22(27)25-24-21(26)15-28-20-9-5-4-8-18(20)14-16-6-2-1-3-7-16/h1-13H,14-15H2,(H,24,26)(H,25,27). The van der Waals surface area contributed by atoms with Crippen LogP contribution in [0.5, 0.6) is 5.75 Å². The molecule has 2 N–H and O–H groups in total. The van der Waals surface area contributed by atoms with Crippen LogP contribution in [0.3, 0.4) is 0 Å². The number of hydrazine groups is 1. The molecule has 0 aromatic heterocycles. The molecule has 28 heavy (non-hydrogen) atoms. The van der Waals surface area contributed by atoms with Crippen molar-refractivity contribution in [3.05, 3.63) is 101 Å². The van der Waals surface area contributed by atoms with Crippen LogP contribution >= 0.6 is 0 Å². The Morgan fingerprint density at radius 2 is 1.50 bits per heavy atom. The third-order valence-electron chi connectivity index (χ3n) is 3.99. The normalized spacial score (nSPS) is 10.2. The van der Waals surface area contributed by atoms with Crippen molar-refractivity contribution in [3.63, 3.8) is 0 Å². The zero-order valence-corrected chi connectivity index (χ0v) is 15.0. The molecule has 0 spiro atoms. The number of ether oxygens (including phenoxy) is 1. The van der Waals surface area contributed by atoms with E-state index in [1.54, 1.807) is 6.07 Å². The van der Waals surface area contributed by atoms with Gasteiger partial charge in [0.05, 0.1) is 0 Å². The van der Waals surface area contributed by atoms with Gasteiger partial charge in [-0.05, 0) is 41.5 Å². The minimum Gasteiger partial charge on any atom is -0.483 e. The first kappa shape index (κ1) is 19.1. The molecule has 0 unspecified atom stereocenters. The Hall–Kier alpha value is -3.67. The fourth-order valence-electron chi connectivity index (χ4n) is 2.59. The summed E-state index contributed by atoms with van der Waals surface area (Å²) >= 11 is 0. The number of halogens is 1. The summed E-state index contributed by atoms with van der Waals surface area (Å²) in [6.45, 7) is -0.254. The van der Waals surface area contributed by atoms with Gasteiger partial charge in [0.15, 0.2) is 6.61 Å². The zero-order valence-electron chi connectivity index (χ0n) is 15.0. The first-order valence-corrected chi connectivity index (χ1v) is 8.71. The smallest absolute Gasteiger partial charge is 0.276 e. The van der Waals surface area contributed by atoms with Crippen LogP contribution in [0.4, 0.5) is 4.39 Å². The number of amides is 2. The molecule has 0 aliphatic carbocycles. The molecule has 0 saturated carbocycles. The van der Waals surface area contributed by atoms with Crippen molar-refractivity contribution >= 4 is 11.8 Å². The maximum Gasteiger partial charge on any atom is 0.276 e. The number of carbonyl (C=O) groups is 2. The van der Waals surface area contributed by atoms with Gasteiger partial charge >= 0.3 is 0 Å². The highest BCUT2D eigenvalue weighted by Gasteiger charge is 2.10. The van der Waals surface area contributed by atoms with Gasteiger partial charge < -0.3 is 4.74 Å². The van der Waals surface area contributed by atoms with Crippen LogP contribution in [0.25, 0.3) is 0 Å². The summed E-state index contributed by atoms with van der Waals surface area (Å²) < 4.78 is 18.5. The predicted molar refractivity (Wildman–Crippen MR) is 103 cm³/mol. The Balaban J connectivity index is 1.52. The first-order chi connectivity index (χ1) is 13.6. The lowest BCUT2D eigenvalue weighted by atomic mass is 10.0. The summed E-state index contributed by atoms with van der Waals surface area (Å²) in [5, 5.41) is 0. The molecular weight excluding hydrogens is 359 g/mol. The van der Waals surface area contributed by atoms with E-state index in [0.29, 0.717) is 12.2 Å². The van der Waals surface area contributed by atoms with Crippen molar-refractivity contribution in [3.8, 4) is 5.75 Å². The van der Waals surface area contributed by atoms with Crippen LogP contribution < -0.4 is 15.6 Å². The van der Waals surface area contributed by atoms with Gasteiger partial charge in [-0.2, -0.15) is 0 Å². The molecule has 0 aliphatic rings. The maximum atomic E-state index is 12.9. The third-order valence-corrected chi connectivity index (χ3v) is 3.99. The molecule has 0 radical (unpaired) electrons. The topological polar surface area (TPSA) is 67.4 Å². The highest BCUT2D eigenvalue weighted by atomic mass is 19.1. The Morgan fingerprint density at radius 1 is 0.821 bits per heavy atom. The fourth-order valence-corrected chi connectivity index (χ4v) is 2.59. The lowest BCUT2D eigenvalue weighted by molar-refractivity contribution is -0.123. The summed E-state index contributed by atoms with van der Waals surface area (Å²) in [4.78, 5) is 23.9. The number of benzene rings is 3. The average Bonchev–Trinajstić information content (AvgIpc) is 2.72. The van der Waals surface area contributed by atoms with Crippen molar-refractivity contribution in [2.24, 2.45) is 0 Å². The van der Waals surface area contributed by atoms with Crippen LogP contribution in [0.15, 0.2) is 78.9 Å². The molecule has 0 atom stereocenters. The van der Waals surface area contributed by atoms with E-state index in [9.17, 15) is 14.0 Å². The highest BCUT2D eigenvalue weighted by molar-refractivity contribution is 5.95. The molecule has 5 nitrogen and oxygen atoms in total. The lowest BCUT2D eigenvalue weighted by Gasteiger charge is -2.12. The SMILES string of the molecule is O=C(COc1ccccc1Cc1ccccc1)NNC(=O)c1ccc(F)cc1. The predicted octanol–water partition coefficient (Wildman–Crippen LogP) is 3.26. The van der Waals surface area contributed by atoms with E-state index < -0.39 is 17.6 Å². The van der Waals surface area contributed by atoms with E-state index in [2.05, 4.69) is 10.9 Å². The second kappa shape index (κ2) is 9.32. The van der Waals surface area contributed by atoms with E-state index in [4.69, 9.17) is 4.74 Å². The molecule has 142 valence electrons. The van der Waals surface area contributed by atoms with Crippen LogP contribution in [0.1, 0.15) is 21.5 Å². The highest BCUT2D eigenvalue weighted by Crippen LogP contribution is 2.21. The summed E-state index contributed by atoms with van der Waals surface area (Å²) in [5.41, 5.74) is 6.87. The largest absolute Gasteiger partial charge is 0.483 e. The second-order valence-corrected chi connectivity index (χ2v) is 6.07. The molecule has 0 heterocycles. The zero-order chi connectivity index (χ0) is 19.8. The maximum absolute atomic E-state index is 12.9. The number of nitrogens with one attached hydrogen (secondary N) is 2. The molecule has 0 fully saturated rings. The first-order valence-electron chi connectivity index (χ1n) is 8.71. The molecular formula is C22H19FN2O3. The van der Waals surface area contributed by atoms with Gasteiger partial charge in [-0.3, -0.25) is 20.4 Å². The van der Waals surface area contributed by atoms with Crippen LogP contribution in [0, 0.1) is 5.82 Å². The van der Waals surface area contributed by atoms with Gasteiger partial charge in [0.25, 0.3) is 11.8 Å². The van der Waals surface area contributed by atoms with Crippen molar-refractivity contribution in [1.29, 1.82) is 0 Å². The molecule has 0 saturated heterocycles. The minimum absolute atomic E-state index is 0.232. The van der Waals surface area contributed by atoms with E-state index in [1.807, 2.05) is 48.5 Å². The van der Waals surface area contributed by atoms with Crippen LogP contribution in [0.2, 0.25) is 0 Å². The summed E-state index contributed by atoms with van der Waals surface area (Å²) in [5.74, 6) is -0.891. The van der Waals surface area contributed by atoms with Crippen LogP contribution in [-0.4, -0.2) is 18.4 Å². The number of hydrogen-bond donors (Lipinski definition) is 2. The van der Waals surface area contributed by atoms with Crippen molar-refractivity contribution in [2.75, 3.05) is 6.61 Å². The number of rotatable bonds is 6. The van der Waals surface area contributed by atoms with Gasteiger partial charge in [0.2, 0.25) is 0 Å².